The van der Waals surface area contributed by atoms with Gasteiger partial charge in [-0.05, 0) is 43.3 Å². The smallest absolute Gasteiger partial charge is 0.132 e. The van der Waals surface area contributed by atoms with Crippen molar-refractivity contribution in [3.63, 3.8) is 0 Å². The van der Waals surface area contributed by atoms with Gasteiger partial charge in [-0.15, -0.1) is 0 Å². The minimum absolute atomic E-state index is 0.510. The predicted molar refractivity (Wildman–Crippen MR) is 117 cm³/mol. The second-order valence-corrected chi connectivity index (χ2v) is 8.50. The van der Waals surface area contributed by atoms with E-state index in [2.05, 4.69) is 83.5 Å². The van der Waals surface area contributed by atoms with Crippen molar-refractivity contribution in [3.05, 3.63) is 117 Å². The van der Waals surface area contributed by atoms with Crippen molar-refractivity contribution < 1.29 is 9.47 Å². The molecular weight excluding hydrogens is 424 g/mol. The molecule has 0 aliphatic carbocycles. The molecule has 0 radical (unpaired) electrons. The molecular formula is C26H17BrO2. The molecule has 0 amide bonds. The summed E-state index contributed by atoms with van der Waals surface area (Å²) < 4.78 is 13.8. The number of hydrogen-bond acceptors (Lipinski definition) is 2. The van der Waals surface area contributed by atoms with E-state index in [0.29, 0.717) is 0 Å². The number of ether oxygens (including phenoxy) is 2. The zero-order valence-electron chi connectivity index (χ0n) is 15.8. The lowest BCUT2D eigenvalue weighted by Crippen LogP contribution is -2.36. The number of rotatable bonds is 0. The molecule has 2 aliphatic heterocycles. The van der Waals surface area contributed by atoms with Crippen LogP contribution in [-0.2, 0) is 5.41 Å². The number of benzene rings is 4. The van der Waals surface area contributed by atoms with Gasteiger partial charge in [0, 0.05) is 26.7 Å². The summed E-state index contributed by atoms with van der Waals surface area (Å²) in [4.78, 5) is 0. The molecule has 0 saturated carbocycles. The molecule has 0 saturated heterocycles. The maximum atomic E-state index is 6.37. The second-order valence-electron chi connectivity index (χ2n) is 7.59. The number of fused-ring (bicyclic) bond motifs is 8. The third kappa shape index (κ3) is 2.22. The minimum atomic E-state index is -0.510. The largest absolute Gasteiger partial charge is 0.457 e. The summed E-state index contributed by atoms with van der Waals surface area (Å²) in [7, 11) is 0. The fraction of sp³-hybridized carbons (Fsp3) is 0.0769. The fourth-order valence-electron chi connectivity index (χ4n) is 4.75. The van der Waals surface area contributed by atoms with Crippen molar-refractivity contribution in [2.24, 2.45) is 0 Å². The van der Waals surface area contributed by atoms with Crippen molar-refractivity contribution in [1.82, 2.24) is 0 Å². The molecule has 0 N–H and O–H groups in total. The maximum absolute atomic E-state index is 6.37. The summed E-state index contributed by atoms with van der Waals surface area (Å²) in [5, 5.41) is 0. The number of halogens is 1. The average molecular weight is 441 g/mol. The Balaban J connectivity index is 1.86. The highest BCUT2D eigenvalue weighted by Gasteiger charge is 2.50. The maximum Gasteiger partial charge on any atom is 0.132 e. The molecule has 1 atom stereocenters. The van der Waals surface area contributed by atoms with Crippen molar-refractivity contribution in [2.75, 3.05) is 0 Å². The molecule has 3 heteroatoms. The molecule has 29 heavy (non-hydrogen) atoms. The first-order valence-electron chi connectivity index (χ1n) is 9.64. The molecule has 2 nitrogen and oxygen atoms in total. The van der Waals surface area contributed by atoms with Crippen LogP contribution < -0.4 is 9.47 Å². The molecule has 0 fully saturated rings. The average Bonchev–Trinajstić information content (AvgIpc) is 2.74. The topological polar surface area (TPSA) is 18.5 Å². The normalized spacial score (nSPS) is 18.0. The Morgan fingerprint density at radius 1 is 0.586 bits per heavy atom. The predicted octanol–water partition coefficient (Wildman–Crippen LogP) is 7.35. The van der Waals surface area contributed by atoms with Crippen LogP contribution in [0.5, 0.6) is 23.0 Å². The quantitative estimate of drug-likeness (QED) is 0.245. The first-order valence-corrected chi connectivity index (χ1v) is 10.4. The number of hydrogen-bond donors (Lipinski definition) is 0. The third-order valence-corrected chi connectivity index (χ3v) is 6.40. The van der Waals surface area contributed by atoms with Gasteiger partial charge in [-0.1, -0.05) is 70.0 Å². The Morgan fingerprint density at radius 2 is 1.10 bits per heavy atom. The lowest BCUT2D eigenvalue weighted by molar-refractivity contribution is 0.399. The first-order chi connectivity index (χ1) is 14.2. The highest BCUT2D eigenvalue weighted by atomic mass is 79.9. The number of aryl methyl sites for hydroxylation is 1. The monoisotopic (exact) mass is 440 g/mol. The van der Waals surface area contributed by atoms with E-state index in [9.17, 15) is 0 Å². The molecule has 2 heterocycles. The van der Waals surface area contributed by atoms with E-state index in [1.165, 1.54) is 5.56 Å². The molecule has 1 unspecified atom stereocenters. The summed E-state index contributed by atoms with van der Waals surface area (Å²) in [5.74, 6) is 3.52. The molecule has 2 aliphatic rings. The van der Waals surface area contributed by atoms with Gasteiger partial charge in [-0.3, -0.25) is 0 Å². The van der Waals surface area contributed by atoms with Gasteiger partial charge < -0.3 is 9.47 Å². The summed E-state index contributed by atoms with van der Waals surface area (Å²) in [6, 6.07) is 29.4. The molecule has 140 valence electrons. The van der Waals surface area contributed by atoms with Crippen LogP contribution in [0, 0.1) is 6.92 Å². The van der Waals surface area contributed by atoms with Gasteiger partial charge in [0.05, 0.1) is 5.41 Å². The Kier molecular flexibility index (Phi) is 3.48. The van der Waals surface area contributed by atoms with Crippen LogP contribution in [0.2, 0.25) is 0 Å². The fourth-order valence-corrected chi connectivity index (χ4v) is 5.11. The van der Waals surface area contributed by atoms with Crippen LogP contribution in [0.15, 0.2) is 89.4 Å². The van der Waals surface area contributed by atoms with E-state index in [-0.39, 0.29) is 0 Å². The van der Waals surface area contributed by atoms with Crippen LogP contribution in [-0.4, -0.2) is 0 Å². The van der Waals surface area contributed by atoms with E-state index < -0.39 is 5.41 Å². The standard InChI is InChI=1S/C26H17BrO2/c1-16-10-12-24-20(14-16)26(18-6-2-4-8-22(18)28-24)19-7-3-5-9-23(19)29-25-13-11-17(27)15-21(25)26/h2-15H,1H3. The zero-order valence-corrected chi connectivity index (χ0v) is 17.4. The summed E-state index contributed by atoms with van der Waals surface area (Å²) >= 11 is 3.69. The molecule has 0 aromatic heterocycles. The SMILES string of the molecule is Cc1ccc2c(c1)C1(c3ccccc3O2)c2ccccc2Oc2ccc(Br)cc21. The van der Waals surface area contributed by atoms with E-state index in [0.717, 1.165) is 49.7 Å². The first kappa shape index (κ1) is 16.9. The molecule has 4 aromatic carbocycles. The molecule has 4 aromatic rings. The minimum Gasteiger partial charge on any atom is -0.457 e. The highest BCUT2D eigenvalue weighted by molar-refractivity contribution is 9.10. The Morgan fingerprint density at radius 3 is 1.76 bits per heavy atom. The molecule has 1 spiro atoms. The zero-order chi connectivity index (χ0) is 19.6. The van der Waals surface area contributed by atoms with Crippen LogP contribution >= 0.6 is 15.9 Å². The number of para-hydroxylation sites is 2. The second kappa shape index (κ2) is 5.98. The van der Waals surface area contributed by atoms with Gasteiger partial charge in [0.2, 0.25) is 0 Å². The van der Waals surface area contributed by atoms with E-state index >= 15 is 0 Å². The van der Waals surface area contributed by atoms with E-state index in [4.69, 9.17) is 9.47 Å². The van der Waals surface area contributed by atoms with Crippen LogP contribution in [0.4, 0.5) is 0 Å². The van der Waals surface area contributed by atoms with Crippen molar-refractivity contribution >= 4 is 15.9 Å². The Bertz CT molecular complexity index is 1190. The van der Waals surface area contributed by atoms with E-state index in [1.54, 1.807) is 0 Å². The molecule has 6 rings (SSSR count). The van der Waals surface area contributed by atoms with Crippen LogP contribution in [0.1, 0.15) is 27.8 Å². The van der Waals surface area contributed by atoms with Gasteiger partial charge in [0.25, 0.3) is 0 Å². The van der Waals surface area contributed by atoms with Gasteiger partial charge >= 0.3 is 0 Å². The lowest BCUT2D eigenvalue weighted by Gasteiger charge is -2.45. The summed E-state index contributed by atoms with van der Waals surface area (Å²) in [6.07, 6.45) is 0. The third-order valence-electron chi connectivity index (χ3n) is 5.91. The van der Waals surface area contributed by atoms with Crippen molar-refractivity contribution in [3.8, 4) is 23.0 Å². The van der Waals surface area contributed by atoms with Gasteiger partial charge in [0.1, 0.15) is 23.0 Å². The van der Waals surface area contributed by atoms with Gasteiger partial charge in [0.15, 0.2) is 0 Å². The van der Waals surface area contributed by atoms with Gasteiger partial charge in [-0.25, -0.2) is 0 Å². The highest BCUT2D eigenvalue weighted by Crippen LogP contribution is 2.61. The Labute approximate surface area is 177 Å². The van der Waals surface area contributed by atoms with Crippen LogP contribution in [0.3, 0.4) is 0 Å². The molecule has 0 bridgehead atoms. The van der Waals surface area contributed by atoms with Crippen LogP contribution in [0.25, 0.3) is 0 Å². The lowest BCUT2D eigenvalue weighted by atomic mass is 9.62. The summed E-state index contributed by atoms with van der Waals surface area (Å²) in [6.45, 7) is 2.13. The van der Waals surface area contributed by atoms with Crippen molar-refractivity contribution in [1.29, 1.82) is 0 Å². The Hall–Kier alpha value is -3.04. The van der Waals surface area contributed by atoms with E-state index in [1.807, 2.05) is 24.3 Å². The van der Waals surface area contributed by atoms with Gasteiger partial charge in [-0.2, -0.15) is 0 Å². The summed E-state index contributed by atoms with van der Waals surface area (Å²) in [5.41, 5.74) is 5.22. The van der Waals surface area contributed by atoms with Crippen molar-refractivity contribution in [2.45, 2.75) is 12.3 Å².